The van der Waals surface area contributed by atoms with Crippen molar-refractivity contribution in [3.05, 3.63) is 53.6 Å². The Morgan fingerprint density at radius 2 is 2.00 bits per heavy atom. The molecule has 0 fully saturated rings. The van der Waals surface area contributed by atoms with Gasteiger partial charge in [0.1, 0.15) is 11.3 Å². The molecule has 0 saturated carbocycles. The Hall–Kier alpha value is -2.60. The number of rotatable bonds is 5. The maximum Gasteiger partial charge on any atom is 0.341 e. The molecule has 0 spiro atoms. The van der Waals surface area contributed by atoms with E-state index < -0.39 is 5.97 Å². The Morgan fingerprint density at radius 3 is 2.68 bits per heavy atom. The van der Waals surface area contributed by atoms with Gasteiger partial charge in [-0.15, -0.1) is 0 Å². The summed E-state index contributed by atoms with van der Waals surface area (Å²) in [5.41, 5.74) is 0.716. The summed E-state index contributed by atoms with van der Waals surface area (Å²) in [6.45, 7) is 0. The first-order valence-electron chi connectivity index (χ1n) is 6.21. The van der Waals surface area contributed by atoms with E-state index in [2.05, 4.69) is 9.97 Å². The number of aromatic nitrogens is 2. The van der Waals surface area contributed by atoms with Crippen LogP contribution in [0.5, 0.6) is 11.6 Å². The van der Waals surface area contributed by atoms with E-state index in [0.717, 1.165) is 0 Å². The monoisotopic (exact) mass is 320 g/mol. The van der Waals surface area contributed by atoms with E-state index in [1.807, 2.05) is 0 Å². The lowest BCUT2D eigenvalue weighted by molar-refractivity contribution is -0.133. The molecule has 0 atom stereocenters. The highest BCUT2D eigenvalue weighted by atomic mass is 35.5. The van der Waals surface area contributed by atoms with Crippen LogP contribution in [0.3, 0.4) is 0 Å². The fourth-order valence-corrected chi connectivity index (χ4v) is 1.85. The highest BCUT2D eigenvalue weighted by Crippen LogP contribution is 2.30. The number of methoxy groups -OCH3 is 2. The maximum absolute atomic E-state index is 11.9. The number of ether oxygens (including phenoxy) is 3. The van der Waals surface area contributed by atoms with Crippen LogP contribution in [-0.4, -0.2) is 30.2 Å². The lowest BCUT2D eigenvalue weighted by atomic mass is 10.1. The van der Waals surface area contributed by atoms with Crippen LogP contribution in [-0.2, 0) is 14.3 Å². The molecule has 0 aliphatic rings. The van der Waals surface area contributed by atoms with Gasteiger partial charge in [-0.3, -0.25) is 4.98 Å². The van der Waals surface area contributed by atoms with Gasteiger partial charge in [0.05, 0.1) is 32.9 Å². The lowest BCUT2D eigenvalue weighted by Crippen LogP contribution is -2.06. The number of carbonyl (C=O) groups is 1. The van der Waals surface area contributed by atoms with Gasteiger partial charge in [-0.1, -0.05) is 29.8 Å². The molecule has 0 amide bonds. The Kier molecular flexibility index (Phi) is 5.32. The highest BCUT2D eigenvalue weighted by Gasteiger charge is 2.18. The number of para-hydroxylation sites is 1. The second-order valence-electron chi connectivity index (χ2n) is 4.04. The molecule has 0 saturated heterocycles. The molecule has 0 bridgehead atoms. The molecular formula is C15H13ClN2O4. The summed E-state index contributed by atoms with van der Waals surface area (Å²) in [5.74, 6) is 0.0597. The van der Waals surface area contributed by atoms with Gasteiger partial charge >= 0.3 is 5.97 Å². The zero-order valence-electron chi connectivity index (χ0n) is 11.9. The number of carbonyl (C=O) groups excluding carboxylic acids is 1. The first-order valence-corrected chi connectivity index (χ1v) is 6.59. The molecule has 0 N–H and O–H groups in total. The molecule has 1 aromatic carbocycles. The van der Waals surface area contributed by atoms with Crippen molar-refractivity contribution in [1.82, 2.24) is 9.97 Å². The minimum atomic E-state index is -0.546. The normalized spacial score (nSPS) is 11.0. The average Bonchev–Trinajstić information content (AvgIpc) is 2.53. The number of hydrogen-bond donors (Lipinski definition) is 0. The van der Waals surface area contributed by atoms with Crippen LogP contribution in [0.1, 0.15) is 5.56 Å². The van der Waals surface area contributed by atoms with Gasteiger partial charge in [0, 0.05) is 5.56 Å². The fraction of sp³-hybridized carbons (Fsp3) is 0.133. The molecular weight excluding hydrogens is 308 g/mol. The molecule has 2 rings (SSSR count). The summed E-state index contributed by atoms with van der Waals surface area (Å²) in [7, 11) is 2.73. The van der Waals surface area contributed by atoms with Crippen LogP contribution >= 0.6 is 11.6 Å². The van der Waals surface area contributed by atoms with Crippen molar-refractivity contribution < 1.29 is 19.0 Å². The van der Waals surface area contributed by atoms with Crippen molar-refractivity contribution in [3.63, 3.8) is 0 Å². The third-order valence-corrected chi connectivity index (χ3v) is 2.80. The molecule has 0 radical (unpaired) electrons. The Morgan fingerprint density at radius 1 is 1.23 bits per heavy atom. The van der Waals surface area contributed by atoms with Crippen LogP contribution in [0.4, 0.5) is 0 Å². The summed E-state index contributed by atoms with van der Waals surface area (Å²) < 4.78 is 15.3. The molecule has 22 heavy (non-hydrogen) atoms. The predicted octanol–water partition coefficient (Wildman–Crippen LogP) is 3.08. The molecule has 1 aromatic heterocycles. The molecule has 0 unspecified atom stereocenters. The van der Waals surface area contributed by atoms with Crippen molar-refractivity contribution in [2.45, 2.75) is 0 Å². The van der Waals surface area contributed by atoms with Crippen molar-refractivity contribution in [3.8, 4) is 11.6 Å². The third-order valence-electron chi connectivity index (χ3n) is 2.62. The Bertz CT molecular complexity index is 703. The number of benzene rings is 1. The van der Waals surface area contributed by atoms with Crippen LogP contribution in [0, 0.1) is 0 Å². The van der Waals surface area contributed by atoms with Gasteiger partial charge in [-0.2, -0.15) is 4.98 Å². The molecule has 0 aliphatic carbocycles. The molecule has 0 aliphatic heterocycles. The second kappa shape index (κ2) is 7.42. The van der Waals surface area contributed by atoms with Gasteiger partial charge in [-0.05, 0) is 6.07 Å². The van der Waals surface area contributed by atoms with Crippen molar-refractivity contribution >= 4 is 23.1 Å². The zero-order chi connectivity index (χ0) is 15.9. The molecule has 7 heteroatoms. The van der Waals surface area contributed by atoms with Gasteiger partial charge in [0.2, 0.25) is 5.88 Å². The van der Waals surface area contributed by atoms with Crippen LogP contribution in [0.25, 0.3) is 5.57 Å². The van der Waals surface area contributed by atoms with E-state index in [4.69, 9.17) is 25.8 Å². The standard InChI is InChI=1S/C15H13ClN2O4/c1-20-9-11(15(19)21-2)10-5-3-4-6-12(10)22-14-8-17-7-13(16)18-14/h3-9H,1-2H3. The zero-order valence-corrected chi connectivity index (χ0v) is 12.7. The molecule has 2 aromatic rings. The van der Waals surface area contributed by atoms with Crippen molar-refractivity contribution in [2.24, 2.45) is 0 Å². The quantitative estimate of drug-likeness (QED) is 0.479. The second-order valence-corrected chi connectivity index (χ2v) is 4.42. The van der Waals surface area contributed by atoms with Gasteiger partial charge in [0.15, 0.2) is 5.15 Å². The van der Waals surface area contributed by atoms with Crippen LogP contribution < -0.4 is 4.74 Å². The highest BCUT2D eigenvalue weighted by molar-refractivity contribution is 6.29. The number of nitrogens with zero attached hydrogens (tertiary/aromatic N) is 2. The van der Waals surface area contributed by atoms with Crippen molar-refractivity contribution in [2.75, 3.05) is 14.2 Å². The minimum absolute atomic E-state index is 0.204. The largest absolute Gasteiger partial charge is 0.503 e. The number of halogens is 1. The third kappa shape index (κ3) is 3.73. The predicted molar refractivity (Wildman–Crippen MR) is 80.6 cm³/mol. The Labute approximate surface area is 132 Å². The topological polar surface area (TPSA) is 70.5 Å². The summed E-state index contributed by atoms with van der Waals surface area (Å²) in [5, 5.41) is 0.204. The molecule has 114 valence electrons. The smallest absolute Gasteiger partial charge is 0.341 e. The first kappa shape index (κ1) is 15.8. The van der Waals surface area contributed by atoms with Gasteiger partial charge < -0.3 is 14.2 Å². The number of hydrogen-bond acceptors (Lipinski definition) is 6. The van der Waals surface area contributed by atoms with Gasteiger partial charge in [0.25, 0.3) is 0 Å². The fourth-order valence-electron chi connectivity index (χ4n) is 1.71. The lowest BCUT2D eigenvalue weighted by Gasteiger charge is -2.11. The summed E-state index contributed by atoms with van der Waals surface area (Å²) in [4.78, 5) is 19.8. The average molecular weight is 321 g/mol. The Balaban J connectivity index is 2.41. The van der Waals surface area contributed by atoms with E-state index in [1.165, 1.54) is 32.9 Å². The van der Waals surface area contributed by atoms with E-state index in [1.54, 1.807) is 24.3 Å². The van der Waals surface area contributed by atoms with E-state index in [9.17, 15) is 4.79 Å². The van der Waals surface area contributed by atoms with Crippen LogP contribution in [0.2, 0.25) is 5.15 Å². The summed E-state index contributed by atoms with van der Waals surface area (Å²) in [6, 6.07) is 6.91. The van der Waals surface area contributed by atoms with Crippen molar-refractivity contribution in [1.29, 1.82) is 0 Å². The van der Waals surface area contributed by atoms with E-state index in [0.29, 0.717) is 11.3 Å². The van der Waals surface area contributed by atoms with Crippen LogP contribution in [0.15, 0.2) is 42.9 Å². The molecule has 1 heterocycles. The minimum Gasteiger partial charge on any atom is -0.503 e. The van der Waals surface area contributed by atoms with E-state index >= 15 is 0 Å². The summed E-state index contributed by atoms with van der Waals surface area (Å²) in [6.07, 6.45) is 4.10. The number of esters is 1. The molecule has 6 nitrogen and oxygen atoms in total. The maximum atomic E-state index is 11.9. The SMILES string of the molecule is COC=C(C(=O)OC)c1ccccc1Oc1cncc(Cl)n1. The van der Waals surface area contributed by atoms with Gasteiger partial charge in [-0.25, -0.2) is 4.79 Å². The van der Waals surface area contributed by atoms with E-state index in [-0.39, 0.29) is 16.6 Å². The first-order chi connectivity index (χ1) is 10.7. The summed E-state index contributed by atoms with van der Waals surface area (Å²) >= 11 is 5.78.